The van der Waals surface area contributed by atoms with Gasteiger partial charge in [-0.3, -0.25) is 9.78 Å². The van der Waals surface area contributed by atoms with Crippen LogP contribution in [0.25, 0.3) is 0 Å². The van der Waals surface area contributed by atoms with Gasteiger partial charge in [0.15, 0.2) is 0 Å². The summed E-state index contributed by atoms with van der Waals surface area (Å²) >= 11 is 2.96. The van der Waals surface area contributed by atoms with Crippen molar-refractivity contribution >= 4 is 21.8 Å². The van der Waals surface area contributed by atoms with Crippen LogP contribution in [0, 0.1) is 11.6 Å². The summed E-state index contributed by atoms with van der Waals surface area (Å²) in [7, 11) is 0. The second-order valence-corrected chi connectivity index (χ2v) is 4.99. The third-order valence-corrected chi connectivity index (χ3v) is 3.08. The van der Waals surface area contributed by atoms with Crippen LogP contribution < -0.4 is 5.32 Å². The van der Waals surface area contributed by atoms with Gasteiger partial charge in [-0.1, -0.05) is 22.0 Å². The van der Waals surface area contributed by atoms with E-state index < -0.39 is 23.1 Å². The fourth-order valence-electron chi connectivity index (χ4n) is 1.70. The summed E-state index contributed by atoms with van der Waals surface area (Å²) in [6, 6.07) is 7.54. The van der Waals surface area contributed by atoms with Crippen LogP contribution in [0.5, 0.6) is 0 Å². The number of carbonyl (C=O) groups excluding carboxylic acids is 1. The Bertz CT molecular complexity index is 597. The van der Waals surface area contributed by atoms with Crippen LogP contribution in [0.3, 0.4) is 0 Å². The lowest BCUT2D eigenvalue weighted by Gasteiger charge is -2.07. The van der Waals surface area contributed by atoms with Gasteiger partial charge in [-0.2, -0.15) is 0 Å². The first-order valence-electron chi connectivity index (χ1n) is 5.90. The molecule has 0 aliphatic heterocycles. The Hall–Kier alpha value is -1.82. The molecule has 0 spiro atoms. The van der Waals surface area contributed by atoms with Gasteiger partial charge in [0.2, 0.25) is 0 Å². The molecule has 2 aromatic rings. The molecular weight excluding hydrogens is 330 g/mol. The minimum absolute atomic E-state index is 0.248. The predicted octanol–water partition coefficient (Wildman–Crippen LogP) is 3.09. The molecule has 0 saturated carbocycles. The Balaban J connectivity index is 1.99. The van der Waals surface area contributed by atoms with Gasteiger partial charge in [-0.25, -0.2) is 8.78 Å². The van der Waals surface area contributed by atoms with Gasteiger partial charge in [0.1, 0.15) is 17.2 Å². The van der Waals surface area contributed by atoms with Crippen molar-refractivity contribution in [1.82, 2.24) is 10.3 Å². The molecule has 2 rings (SSSR count). The highest BCUT2D eigenvalue weighted by molar-refractivity contribution is 9.10. The van der Waals surface area contributed by atoms with Gasteiger partial charge in [-0.05, 0) is 24.3 Å². The summed E-state index contributed by atoms with van der Waals surface area (Å²) in [6.07, 6.45) is 2.14. The van der Waals surface area contributed by atoms with E-state index >= 15 is 0 Å². The first-order chi connectivity index (χ1) is 9.58. The Morgan fingerprint density at radius 3 is 2.55 bits per heavy atom. The normalized spacial score (nSPS) is 10.3. The number of carbonyl (C=O) groups is 1. The maximum absolute atomic E-state index is 13.6. The first kappa shape index (κ1) is 14.6. The molecule has 0 atom stereocenters. The number of pyridine rings is 1. The molecule has 104 valence electrons. The van der Waals surface area contributed by atoms with Crippen molar-refractivity contribution in [2.45, 2.75) is 6.42 Å². The lowest BCUT2D eigenvalue weighted by molar-refractivity contribution is 0.0945. The van der Waals surface area contributed by atoms with Gasteiger partial charge in [0, 0.05) is 29.3 Å². The maximum Gasteiger partial charge on any atom is 0.257 e. The van der Waals surface area contributed by atoms with E-state index in [4.69, 9.17) is 0 Å². The van der Waals surface area contributed by atoms with Crippen molar-refractivity contribution in [3.63, 3.8) is 0 Å². The third-order valence-electron chi connectivity index (χ3n) is 2.63. The zero-order valence-corrected chi connectivity index (χ0v) is 12.0. The lowest BCUT2D eigenvalue weighted by atomic mass is 10.2. The summed E-state index contributed by atoms with van der Waals surface area (Å²) in [5.41, 5.74) is 0.221. The van der Waals surface area contributed by atoms with E-state index in [1.54, 1.807) is 12.3 Å². The van der Waals surface area contributed by atoms with Crippen LogP contribution in [0.4, 0.5) is 8.78 Å². The topological polar surface area (TPSA) is 42.0 Å². The molecule has 3 nitrogen and oxygen atoms in total. The van der Waals surface area contributed by atoms with E-state index in [0.717, 1.165) is 17.8 Å². The van der Waals surface area contributed by atoms with Gasteiger partial charge >= 0.3 is 0 Å². The van der Waals surface area contributed by atoms with E-state index in [1.165, 1.54) is 0 Å². The molecule has 0 radical (unpaired) electrons. The Labute approximate surface area is 123 Å². The number of aromatic nitrogens is 1. The Kier molecular flexibility index (Phi) is 4.79. The van der Waals surface area contributed by atoms with Gasteiger partial charge in [0.25, 0.3) is 5.91 Å². The average molecular weight is 341 g/mol. The van der Waals surface area contributed by atoms with Crippen LogP contribution in [-0.2, 0) is 6.42 Å². The predicted molar refractivity (Wildman–Crippen MR) is 74.3 cm³/mol. The number of hydrogen-bond donors (Lipinski definition) is 1. The second kappa shape index (κ2) is 6.56. The summed E-state index contributed by atoms with van der Waals surface area (Å²) in [5, 5.41) is 2.47. The summed E-state index contributed by atoms with van der Waals surface area (Å²) in [6.45, 7) is 0.255. The number of hydrogen-bond acceptors (Lipinski definition) is 2. The molecule has 0 unspecified atom stereocenters. The molecule has 20 heavy (non-hydrogen) atoms. The highest BCUT2D eigenvalue weighted by atomic mass is 79.9. The molecule has 0 aliphatic carbocycles. The number of halogens is 3. The molecule has 0 aliphatic rings. The van der Waals surface area contributed by atoms with E-state index in [9.17, 15) is 13.6 Å². The summed E-state index contributed by atoms with van der Waals surface area (Å²) < 4.78 is 27.4. The van der Waals surface area contributed by atoms with Crippen molar-refractivity contribution in [3.05, 3.63) is 63.9 Å². The molecule has 1 heterocycles. The number of nitrogens with zero attached hydrogens (tertiary/aromatic N) is 1. The summed E-state index contributed by atoms with van der Waals surface area (Å²) in [4.78, 5) is 15.9. The van der Waals surface area contributed by atoms with E-state index in [0.29, 0.717) is 6.42 Å². The van der Waals surface area contributed by atoms with Crippen molar-refractivity contribution in [1.29, 1.82) is 0 Å². The molecule has 1 aromatic carbocycles. The zero-order valence-electron chi connectivity index (χ0n) is 10.4. The lowest BCUT2D eigenvalue weighted by Crippen LogP contribution is -2.27. The van der Waals surface area contributed by atoms with E-state index in [1.807, 2.05) is 12.1 Å². The molecule has 0 saturated heterocycles. The van der Waals surface area contributed by atoms with Crippen LogP contribution in [-0.4, -0.2) is 17.4 Å². The van der Waals surface area contributed by atoms with Crippen molar-refractivity contribution < 1.29 is 13.6 Å². The number of rotatable bonds is 4. The molecule has 1 N–H and O–H groups in total. The largest absolute Gasteiger partial charge is 0.351 e. The van der Waals surface area contributed by atoms with Gasteiger partial charge in [0.05, 0.1) is 0 Å². The number of amides is 1. The second-order valence-electron chi connectivity index (χ2n) is 4.07. The molecule has 0 bridgehead atoms. The smallest absolute Gasteiger partial charge is 0.257 e. The molecular formula is C14H11BrF2N2O. The summed E-state index contributed by atoms with van der Waals surface area (Å²) in [5.74, 6) is -2.57. The maximum atomic E-state index is 13.6. The highest BCUT2D eigenvalue weighted by Gasteiger charge is 2.17. The fourth-order valence-corrected chi connectivity index (χ4v) is 2.10. The number of benzene rings is 1. The average Bonchev–Trinajstić information content (AvgIpc) is 2.38. The molecule has 0 fully saturated rings. The van der Waals surface area contributed by atoms with Crippen LogP contribution in [0.15, 0.2) is 41.0 Å². The quantitative estimate of drug-likeness (QED) is 0.929. The van der Waals surface area contributed by atoms with Crippen LogP contribution in [0.1, 0.15) is 16.1 Å². The van der Waals surface area contributed by atoms with E-state index in [2.05, 4.69) is 26.2 Å². The van der Waals surface area contributed by atoms with Crippen molar-refractivity contribution in [3.8, 4) is 0 Å². The van der Waals surface area contributed by atoms with Crippen LogP contribution >= 0.6 is 15.9 Å². The van der Waals surface area contributed by atoms with Crippen molar-refractivity contribution in [2.24, 2.45) is 0 Å². The SMILES string of the molecule is O=C(NCCc1ccccn1)c1c(F)cc(Br)cc1F. The zero-order chi connectivity index (χ0) is 14.5. The molecule has 1 amide bonds. The Morgan fingerprint density at radius 1 is 1.25 bits per heavy atom. The third kappa shape index (κ3) is 3.60. The standard InChI is InChI=1S/C14H11BrF2N2O/c15-9-7-11(16)13(12(17)8-9)14(20)19-6-4-10-3-1-2-5-18-10/h1-3,5,7-8H,4,6H2,(H,19,20). The van der Waals surface area contributed by atoms with Gasteiger partial charge < -0.3 is 5.32 Å². The monoisotopic (exact) mass is 340 g/mol. The highest BCUT2D eigenvalue weighted by Crippen LogP contribution is 2.19. The molecule has 1 aromatic heterocycles. The fraction of sp³-hybridized carbons (Fsp3) is 0.143. The Morgan fingerprint density at radius 2 is 1.95 bits per heavy atom. The van der Waals surface area contributed by atoms with Gasteiger partial charge in [-0.15, -0.1) is 0 Å². The van der Waals surface area contributed by atoms with E-state index in [-0.39, 0.29) is 11.0 Å². The minimum atomic E-state index is -0.896. The molecule has 6 heteroatoms. The number of nitrogens with one attached hydrogen (secondary N) is 1. The first-order valence-corrected chi connectivity index (χ1v) is 6.70. The van der Waals surface area contributed by atoms with Crippen LogP contribution in [0.2, 0.25) is 0 Å². The minimum Gasteiger partial charge on any atom is -0.351 e. The van der Waals surface area contributed by atoms with Crippen molar-refractivity contribution in [2.75, 3.05) is 6.54 Å².